The second-order valence-electron chi connectivity index (χ2n) is 5.75. The first-order valence-corrected chi connectivity index (χ1v) is 7.25. The molecule has 0 spiro atoms. The number of aliphatic imine (C=N–C) groups is 2. The molecule has 23 heavy (non-hydrogen) atoms. The third-order valence-corrected chi connectivity index (χ3v) is 4.35. The summed E-state index contributed by atoms with van der Waals surface area (Å²) in [6.45, 7) is -0.591. The fourth-order valence-corrected chi connectivity index (χ4v) is 2.99. The van der Waals surface area contributed by atoms with Crippen molar-refractivity contribution < 1.29 is 30.3 Å². The molecule has 0 aromatic heterocycles. The molecule has 0 amide bonds. The number of aliphatic hydroxyl groups excluding tert-OH is 5. The van der Waals surface area contributed by atoms with Gasteiger partial charge in [0.15, 0.2) is 6.23 Å². The Morgan fingerprint density at radius 1 is 1.13 bits per heavy atom. The maximum atomic E-state index is 10.3. The molecule has 0 saturated carbocycles. The predicted molar refractivity (Wildman–Crippen MR) is 78.4 cm³/mol. The predicted octanol–water partition coefficient (Wildman–Crippen LogP) is -3.89. The third kappa shape index (κ3) is 2.63. The number of fused-ring (bicyclic) bond motifs is 1. The van der Waals surface area contributed by atoms with Crippen molar-refractivity contribution in [3.8, 4) is 0 Å². The van der Waals surface area contributed by atoms with Crippen LogP contribution < -0.4 is 5.73 Å². The van der Waals surface area contributed by atoms with E-state index in [1.165, 1.54) is 17.4 Å². The van der Waals surface area contributed by atoms with Gasteiger partial charge in [-0.05, 0) is 6.08 Å². The Morgan fingerprint density at radius 2 is 1.83 bits per heavy atom. The number of hydrogen-bond donors (Lipinski definition) is 6. The summed E-state index contributed by atoms with van der Waals surface area (Å²) in [6.07, 6.45) is -4.07. The van der Waals surface area contributed by atoms with Gasteiger partial charge in [0, 0.05) is 6.20 Å². The fraction of sp³-hybridized carbons (Fsp3) is 0.692. The van der Waals surface area contributed by atoms with E-state index >= 15 is 0 Å². The van der Waals surface area contributed by atoms with Gasteiger partial charge < -0.3 is 40.9 Å². The fourth-order valence-electron chi connectivity index (χ4n) is 2.99. The normalized spacial score (nSPS) is 46.5. The zero-order valence-electron chi connectivity index (χ0n) is 12.1. The average molecular weight is 328 g/mol. The van der Waals surface area contributed by atoms with Crippen LogP contribution in [0.1, 0.15) is 0 Å². The second-order valence-corrected chi connectivity index (χ2v) is 5.75. The summed E-state index contributed by atoms with van der Waals surface area (Å²) in [5.74, 6) is 0.304. The summed E-state index contributed by atoms with van der Waals surface area (Å²) in [5, 5.41) is 49.5. The summed E-state index contributed by atoms with van der Waals surface area (Å²) >= 11 is 0. The molecule has 0 aromatic rings. The van der Waals surface area contributed by atoms with Crippen molar-refractivity contribution in [1.82, 2.24) is 4.90 Å². The maximum absolute atomic E-state index is 10.3. The number of amidine groups is 1. The molecule has 0 aromatic carbocycles. The average Bonchev–Trinajstić information content (AvgIpc) is 2.95. The molecule has 0 bridgehead atoms. The SMILES string of the molecule is NC1=NC=CC2C1N=CN2[C@@H]1O[C@H](CO)[C@@H](O)[C@H](O)[C@@H](O)[C@H]1O. The van der Waals surface area contributed by atoms with Crippen LogP contribution >= 0.6 is 0 Å². The Balaban J connectivity index is 1.87. The molecular weight excluding hydrogens is 308 g/mol. The van der Waals surface area contributed by atoms with Gasteiger partial charge in [-0.15, -0.1) is 0 Å². The van der Waals surface area contributed by atoms with Crippen molar-refractivity contribution in [3.63, 3.8) is 0 Å². The maximum Gasteiger partial charge on any atom is 0.160 e. The molecule has 2 unspecified atom stereocenters. The lowest BCUT2D eigenvalue weighted by Gasteiger charge is -2.37. The van der Waals surface area contributed by atoms with Crippen molar-refractivity contribution in [1.29, 1.82) is 0 Å². The highest BCUT2D eigenvalue weighted by atomic mass is 16.6. The van der Waals surface area contributed by atoms with Gasteiger partial charge in [-0.2, -0.15) is 0 Å². The van der Waals surface area contributed by atoms with E-state index in [4.69, 9.17) is 10.5 Å². The van der Waals surface area contributed by atoms with Gasteiger partial charge in [-0.3, -0.25) is 4.99 Å². The molecule has 1 fully saturated rings. The minimum absolute atomic E-state index is 0.304. The quantitative estimate of drug-likeness (QED) is 0.299. The molecule has 3 aliphatic rings. The molecule has 1 saturated heterocycles. The molecule has 0 aliphatic carbocycles. The molecule has 10 nitrogen and oxygen atoms in total. The van der Waals surface area contributed by atoms with Gasteiger partial charge in [0.1, 0.15) is 42.4 Å². The van der Waals surface area contributed by atoms with Crippen LogP contribution in [0, 0.1) is 0 Å². The monoisotopic (exact) mass is 328 g/mol. The molecule has 0 radical (unpaired) electrons. The van der Waals surface area contributed by atoms with Gasteiger partial charge in [-0.25, -0.2) is 4.99 Å². The molecule has 3 aliphatic heterocycles. The zero-order chi connectivity index (χ0) is 16.7. The third-order valence-electron chi connectivity index (χ3n) is 4.35. The first kappa shape index (κ1) is 16.3. The van der Waals surface area contributed by atoms with Crippen LogP contribution in [0.3, 0.4) is 0 Å². The standard InChI is InChI=1S/C13H20N4O6/c14-12-7-5(1-2-15-12)17(4-16-7)13-11(22)10(21)9(20)8(19)6(3-18)23-13/h1-2,4-11,13,18-22H,3H2,(H2,14,15)/t5?,6-,7?,8-,9+,10-,11-,13-/m1/s1. The molecular formula is C13H20N4O6. The number of nitrogens with two attached hydrogens (primary N) is 1. The summed E-state index contributed by atoms with van der Waals surface area (Å²) in [4.78, 5) is 9.69. The molecule has 10 heteroatoms. The first-order chi connectivity index (χ1) is 11.0. The number of rotatable bonds is 2. The van der Waals surface area contributed by atoms with Crippen molar-refractivity contribution >= 4 is 12.2 Å². The van der Waals surface area contributed by atoms with Crippen LogP contribution in [0.2, 0.25) is 0 Å². The van der Waals surface area contributed by atoms with Crippen LogP contribution in [-0.4, -0.2) is 98.0 Å². The largest absolute Gasteiger partial charge is 0.394 e. The van der Waals surface area contributed by atoms with Gasteiger partial charge in [-0.1, -0.05) is 0 Å². The Bertz CT molecular complexity index is 539. The smallest absolute Gasteiger partial charge is 0.160 e. The van der Waals surface area contributed by atoms with Crippen LogP contribution in [0.25, 0.3) is 0 Å². The highest BCUT2D eigenvalue weighted by Gasteiger charge is 2.49. The number of aliphatic hydroxyl groups is 5. The van der Waals surface area contributed by atoms with Crippen LogP contribution in [0.15, 0.2) is 22.3 Å². The lowest BCUT2D eigenvalue weighted by Crippen LogP contribution is -2.55. The van der Waals surface area contributed by atoms with Gasteiger partial charge in [0.25, 0.3) is 0 Å². The van der Waals surface area contributed by atoms with Crippen LogP contribution in [0.5, 0.6) is 0 Å². The summed E-state index contributed by atoms with van der Waals surface area (Å²) < 4.78 is 5.54. The van der Waals surface area contributed by atoms with E-state index in [-0.39, 0.29) is 6.04 Å². The summed E-state index contributed by atoms with van der Waals surface area (Å²) in [5.41, 5.74) is 5.79. The summed E-state index contributed by atoms with van der Waals surface area (Å²) in [6, 6.07) is -0.829. The van der Waals surface area contributed by atoms with E-state index < -0.39 is 49.4 Å². The van der Waals surface area contributed by atoms with E-state index in [0.29, 0.717) is 5.84 Å². The van der Waals surface area contributed by atoms with E-state index in [1.807, 2.05) is 0 Å². The van der Waals surface area contributed by atoms with E-state index in [2.05, 4.69) is 9.98 Å². The Hall–Kier alpha value is -1.56. The van der Waals surface area contributed by atoms with E-state index in [0.717, 1.165) is 0 Å². The van der Waals surface area contributed by atoms with E-state index in [9.17, 15) is 25.5 Å². The Morgan fingerprint density at radius 3 is 2.52 bits per heavy atom. The molecule has 7 N–H and O–H groups in total. The molecule has 8 atom stereocenters. The second kappa shape index (κ2) is 6.15. The number of hydrogen-bond acceptors (Lipinski definition) is 10. The summed E-state index contributed by atoms with van der Waals surface area (Å²) in [7, 11) is 0. The number of ether oxygens (including phenoxy) is 1. The Labute approximate surface area is 131 Å². The zero-order valence-corrected chi connectivity index (χ0v) is 12.1. The van der Waals surface area contributed by atoms with Gasteiger partial charge in [0.2, 0.25) is 0 Å². The van der Waals surface area contributed by atoms with Crippen LogP contribution in [-0.2, 0) is 4.74 Å². The minimum atomic E-state index is -1.66. The lowest BCUT2D eigenvalue weighted by atomic mass is 9.99. The lowest BCUT2D eigenvalue weighted by molar-refractivity contribution is -0.163. The van der Waals surface area contributed by atoms with Crippen molar-refractivity contribution in [2.24, 2.45) is 15.7 Å². The van der Waals surface area contributed by atoms with Crippen molar-refractivity contribution in [2.45, 2.75) is 48.8 Å². The highest BCUT2D eigenvalue weighted by molar-refractivity contribution is 5.91. The minimum Gasteiger partial charge on any atom is -0.394 e. The van der Waals surface area contributed by atoms with E-state index in [1.54, 1.807) is 6.08 Å². The molecule has 3 heterocycles. The topological polar surface area (TPSA) is 164 Å². The Kier molecular flexibility index (Phi) is 4.36. The number of nitrogens with zero attached hydrogens (tertiary/aromatic N) is 3. The van der Waals surface area contributed by atoms with Crippen molar-refractivity contribution in [3.05, 3.63) is 12.3 Å². The van der Waals surface area contributed by atoms with Crippen molar-refractivity contribution in [2.75, 3.05) is 6.61 Å². The highest BCUT2D eigenvalue weighted by Crippen LogP contribution is 2.28. The molecule has 3 rings (SSSR count). The molecule has 128 valence electrons. The first-order valence-electron chi connectivity index (χ1n) is 7.25. The van der Waals surface area contributed by atoms with Crippen LogP contribution in [0.4, 0.5) is 0 Å². The van der Waals surface area contributed by atoms with Gasteiger partial charge in [0.05, 0.1) is 19.0 Å². The van der Waals surface area contributed by atoms with Gasteiger partial charge >= 0.3 is 0 Å².